The Morgan fingerprint density at radius 1 is 1.40 bits per heavy atom. The molecule has 8 heteroatoms. The van der Waals surface area contributed by atoms with Crippen LogP contribution in [0.3, 0.4) is 0 Å². The number of phenolic OH excluding ortho intramolecular Hbond substituents is 1. The molecule has 0 aliphatic rings. The molecule has 2 N–H and O–H groups in total. The number of aromatic hydroxyl groups is 1. The van der Waals surface area contributed by atoms with Crippen molar-refractivity contribution in [2.75, 3.05) is 26.7 Å². The molecule has 1 aromatic rings. The van der Waals surface area contributed by atoms with Crippen molar-refractivity contribution in [2.24, 2.45) is 0 Å². The normalized spacial score (nSPS) is 11.7. The SMILES string of the molecule is CN(CCNC(=O)c1cc(F)ccc1O)CC(F)(F)F. The van der Waals surface area contributed by atoms with Gasteiger partial charge in [-0.3, -0.25) is 9.69 Å². The number of amides is 1. The van der Waals surface area contributed by atoms with Gasteiger partial charge in [0.25, 0.3) is 5.91 Å². The average molecular weight is 294 g/mol. The lowest BCUT2D eigenvalue weighted by Crippen LogP contribution is -2.37. The van der Waals surface area contributed by atoms with Gasteiger partial charge < -0.3 is 10.4 Å². The van der Waals surface area contributed by atoms with Gasteiger partial charge in [0.15, 0.2) is 0 Å². The Balaban J connectivity index is 2.46. The highest BCUT2D eigenvalue weighted by Crippen LogP contribution is 2.17. The first-order valence-electron chi connectivity index (χ1n) is 5.71. The summed E-state index contributed by atoms with van der Waals surface area (Å²) >= 11 is 0. The molecule has 0 saturated heterocycles. The molecule has 1 aromatic carbocycles. The smallest absolute Gasteiger partial charge is 0.401 e. The van der Waals surface area contributed by atoms with Crippen molar-refractivity contribution in [3.05, 3.63) is 29.6 Å². The number of carbonyl (C=O) groups is 1. The summed E-state index contributed by atoms with van der Waals surface area (Å²) in [6, 6.07) is 2.87. The van der Waals surface area contributed by atoms with E-state index in [0.29, 0.717) is 0 Å². The highest BCUT2D eigenvalue weighted by atomic mass is 19.4. The topological polar surface area (TPSA) is 52.6 Å². The van der Waals surface area contributed by atoms with E-state index in [0.717, 1.165) is 23.1 Å². The van der Waals surface area contributed by atoms with Crippen molar-refractivity contribution in [1.29, 1.82) is 0 Å². The summed E-state index contributed by atoms with van der Waals surface area (Å²) in [5.74, 6) is -1.84. The van der Waals surface area contributed by atoms with E-state index < -0.39 is 30.2 Å². The number of rotatable bonds is 5. The van der Waals surface area contributed by atoms with Crippen LogP contribution < -0.4 is 5.32 Å². The lowest BCUT2D eigenvalue weighted by atomic mass is 10.2. The molecule has 0 heterocycles. The van der Waals surface area contributed by atoms with Crippen LogP contribution in [0.5, 0.6) is 5.75 Å². The maximum atomic E-state index is 12.9. The van der Waals surface area contributed by atoms with E-state index in [2.05, 4.69) is 5.32 Å². The van der Waals surface area contributed by atoms with E-state index in [9.17, 15) is 27.5 Å². The Labute approximate surface area is 113 Å². The van der Waals surface area contributed by atoms with Gasteiger partial charge in [-0.1, -0.05) is 0 Å². The predicted octanol–water partition coefficient (Wildman–Crippen LogP) is 1.76. The van der Waals surface area contributed by atoms with Crippen LogP contribution in [0.4, 0.5) is 17.6 Å². The molecule has 0 fully saturated rings. The molecular formula is C12H14F4N2O2. The summed E-state index contributed by atoms with van der Waals surface area (Å²) in [5, 5.41) is 11.7. The Hall–Kier alpha value is -1.83. The third-order valence-corrected chi connectivity index (χ3v) is 2.43. The van der Waals surface area contributed by atoms with Gasteiger partial charge >= 0.3 is 6.18 Å². The summed E-state index contributed by atoms with van der Waals surface area (Å²) < 4.78 is 49.1. The van der Waals surface area contributed by atoms with Gasteiger partial charge in [0, 0.05) is 13.1 Å². The van der Waals surface area contributed by atoms with Crippen LogP contribution in [0.15, 0.2) is 18.2 Å². The maximum absolute atomic E-state index is 12.9. The van der Waals surface area contributed by atoms with Crippen LogP contribution in [0, 0.1) is 5.82 Å². The first-order chi connectivity index (χ1) is 9.19. The lowest BCUT2D eigenvalue weighted by molar-refractivity contribution is -0.142. The highest BCUT2D eigenvalue weighted by Gasteiger charge is 2.28. The fourth-order valence-corrected chi connectivity index (χ4v) is 1.53. The molecule has 0 atom stereocenters. The van der Waals surface area contributed by atoms with E-state index in [1.165, 1.54) is 7.05 Å². The molecule has 0 saturated carbocycles. The fourth-order valence-electron chi connectivity index (χ4n) is 1.53. The number of phenols is 1. The van der Waals surface area contributed by atoms with Gasteiger partial charge in [-0.15, -0.1) is 0 Å². The lowest BCUT2D eigenvalue weighted by Gasteiger charge is -2.18. The minimum Gasteiger partial charge on any atom is -0.507 e. The second-order valence-electron chi connectivity index (χ2n) is 4.27. The number of benzene rings is 1. The number of alkyl halides is 3. The molecule has 1 rings (SSSR count). The molecule has 0 aromatic heterocycles. The van der Waals surface area contributed by atoms with Crippen LogP contribution in [0.25, 0.3) is 0 Å². The third kappa shape index (κ3) is 5.43. The quantitative estimate of drug-likeness (QED) is 0.814. The third-order valence-electron chi connectivity index (χ3n) is 2.43. The molecule has 0 aliphatic heterocycles. The zero-order valence-electron chi connectivity index (χ0n) is 10.7. The van der Waals surface area contributed by atoms with E-state index in [1.54, 1.807) is 0 Å². The minimum absolute atomic E-state index is 0.0265. The molecule has 0 unspecified atom stereocenters. The Morgan fingerprint density at radius 3 is 2.65 bits per heavy atom. The van der Waals surface area contributed by atoms with Crippen molar-refractivity contribution in [3.63, 3.8) is 0 Å². The Morgan fingerprint density at radius 2 is 2.05 bits per heavy atom. The van der Waals surface area contributed by atoms with Gasteiger partial charge in [-0.2, -0.15) is 13.2 Å². The van der Waals surface area contributed by atoms with E-state index in [4.69, 9.17) is 0 Å². The van der Waals surface area contributed by atoms with Crippen molar-refractivity contribution in [1.82, 2.24) is 10.2 Å². The van der Waals surface area contributed by atoms with Crippen LogP contribution in [0.2, 0.25) is 0 Å². The van der Waals surface area contributed by atoms with Crippen LogP contribution in [0.1, 0.15) is 10.4 Å². The Kier molecular flexibility index (Phi) is 5.32. The largest absolute Gasteiger partial charge is 0.507 e. The summed E-state index contributed by atoms with van der Waals surface area (Å²) in [7, 11) is 1.26. The van der Waals surface area contributed by atoms with Gasteiger partial charge in [0.2, 0.25) is 0 Å². The average Bonchev–Trinajstić information content (AvgIpc) is 2.29. The van der Waals surface area contributed by atoms with Crippen LogP contribution >= 0.6 is 0 Å². The zero-order valence-corrected chi connectivity index (χ0v) is 10.7. The van der Waals surface area contributed by atoms with Crippen molar-refractivity contribution >= 4 is 5.91 Å². The van der Waals surface area contributed by atoms with Crippen molar-refractivity contribution < 1.29 is 27.5 Å². The number of nitrogens with one attached hydrogen (secondary N) is 1. The molecule has 0 radical (unpaired) electrons. The number of hydrogen-bond acceptors (Lipinski definition) is 3. The number of halogens is 4. The molecular weight excluding hydrogens is 280 g/mol. The van der Waals surface area contributed by atoms with Gasteiger partial charge in [0.05, 0.1) is 12.1 Å². The first-order valence-corrected chi connectivity index (χ1v) is 5.71. The van der Waals surface area contributed by atoms with Crippen molar-refractivity contribution in [2.45, 2.75) is 6.18 Å². The summed E-state index contributed by atoms with van der Waals surface area (Å²) in [6.45, 7) is -1.17. The molecule has 112 valence electrons. The second kappa shape index (κ2) is 6.56. The molecule has 0 bridgehead atoms. The van der Waals surface area contributed by atoms with Gasteiger partial charge in [0.1, 0.15) is 11.6 Å². The van der Waals surface area contributed by atoms with Crippen LogP contribution in [-0.4, -0.2) is 48.8 Å². The maximum Gasteiger partial charge on any atom is 0.401 e. The molecule has 0 spiro atoms. The predicted molar refractivity (Wildman–Crippen MR) is 64.0 cm³/mol. The fraction of sp³-hybridized carbons (Fsp3) is 0.417. The number of carbonyl (C=O) groups excluding carboxylic acids is 1. The first kappa shape index (κ1) is 16.2. The number of hydrogen-bond donors (Lipinski definition) is 2. The number of nitrogens with zero attached hydrogens (tertiary/aromatic N) is 1. The molecule has 20 heavy (non-hydrogen) atoms. The van der Waals surface area contributed by atoms with Crippen molar-refractivity contribution in [3.8, 4) is 5.75 Å². The van der Waals surface area contributed by atoms with Crippen LogP contribution in [-0.2, 0) is 0 Å². The minimum atomic E-state index is -4.31. The zero-order chi connectivity index (χ0) is 15.3. The standard InChI is InChI=1S/C12H14F4N2O2/c1-18(7-12(14,15)16)5-4-17-11(20)9-6-8(13)2-3-10(9)19/h2-3,6,19H,4-5,7H2,1H3,(H,17,20). The van der Waals surface area contributed by atoms with Gasteiger partial charge in [-0.25, -0.2) is 4.39 Å². The summed E-state index contributed by atoms with van der Waals surface area (Å²) in [5.41, 5.74) is -0.261. The van der Waals surface area contributed by atoms with E-state index in [1.807, 2.05) is 0 Å². The molecule has 0 aliphatic carbocycles. The molecule has 1 amide bonds. The summed E-state index contributed by atoms with van der Waals surface area (Å²) in [4.78, 5) is 12.6. The monoisotopic (exact) mass is 294 g/mol. The Bertz CT molecular complexity index is 477. The highest BCUT2D eigenvalue weighted by molar-refractivity contribution is 5.96. The van der Waals surface area contributed by atoms with E-state index >= 15 is 0 Å². The summed E-state index contributed by atoms with van der Waals surface area (Å²) in [6.07, 6.45) is -4.31. The molecule has 4 nitrogen and oxygen atoms in total. The number of likely N-dealkylation sites (N-methyl/N-ethyl adjacent to an activating group) is 1. The van der Waals surface area contributed by atoms with E-state index in [-0.39, 0.29) is 18.7 Å². The van der Waals surface area contributed by atoms with Gasteiger partial charge in [-0.05, 0) is 25.2 Å². The second-order valence-corrected chi connectivity index (χ2v) is 4.27.